The van der Waals surface area contributed by atoms with E-state index in [1.807, 2.05) is 30.3 Å². The van der Waals surface area contributed by atoms with Gasteiger partial charge >= 0.3 is 5.97 Å². The molecule has 1 rings (SSSR count). The Balaban J connectivity index is 2.28. The summed E-state index contributed by atoms with van der Waals surface area (Å²) in [5, 5.41) is 0. The maximum absolute atomic E-state index is 11.1. The average molecular weight is 205 g/mol. The molecule has 0 bridgehead atoms. The highest BCUT2D eigenvalue weighted by Crippen LogP contribution is 1.99. The monoisotopic (exact) mass is 205 g/mol. The second-order valence-corrected chi connectivity index (χ2v) is 3.29. The van der Waals surface area contributed by atoms with Crippen LogP contribution in [0.1, 0.15) is 12.5 Å². The summed E-state index contributed by atoms with van der Waals surface area (Å²) in [5.74, 6) is -0.383. The smallest absolute Gasteiger partial charge is 0.332 e. The first kappa shape index (κ1) is 11.3. The number of allylic oxidation sites excluding steroid dienone is 1. The highest BCUT2D eigenvalue weighted by molar-refractivity contribution is 5.82. The first-order valence-electron chi connectivity index (χ1n) is 4.83. The fraction of sp³-hybridized carbons (Fsp3) is 0.250. The summed E-state index contributed by atoms with van der Waals surface area (Å²) in [4.78, 5) is 11.1. The van der Waals surface area contributed by atoms with Crippen LogP contribution in [0.5, 0.6) is 0 Å². The molecule has 0 radical (unpaired) electrons. The van der Waals surface area contributed by atoms with Crippen molar-refractivity contribution in [3.05, 3.63) is 47.7 Å². The van der Waals surface area contributed by atoms with Gasteiger partial charge in [0, 0.05) is 18.2 Å². The van der Waals surface area contributed by atoms with Crippen molar-refractivity contribution in [2.45, 2.75) is 13.3 Å². The molecule has 0 aliphatic heterocycles. The fourth-order valence-corrected chi connectivity index (χ4v) is 1.14. The number of esters is 1. The lowest BCUT2D eigenvalue weighted by Gasteiger charge is -2.02. The predicted octanol–water partition coefficient (Wildman–Crippen LogP) is 1.63. The molecule has 0 heterocycles. The van der Waals surface area contributed by atoms with Gasteiger partial charge in [0.05, 0.1) is 6.61 Å². The van der Waals surface area contributed by atoms with Gasteiger partial charge in [0.1, 0.15) is 0 Å². The summed E-state index contributed by atoms with van der Waals surface area (Å²) in [6.07, 6.45) is 2.01. The molecule has 0 amide bonds. The Labute approximate surface area is 89.5 Å². The highest BCUT2D eigenvalue weighted by atomic mass is 16.5. The first-order chi connectivity index (χ1) is 7.18. The molecule has 0 aliphatic carbocycles. The van der Waals surface area contributed by atoms with Crippen molar-refractivity contribution >= 4 is 5.97 Å². The van der Waals surface area contributed by atoms with Crippen molar-refractivity contribution in [2.75, 3.05) is 6.61 Å². The van der Waals surface area contributed by atoms with E-state index in [9.17, 15) is 4.79 Å². The van der Waals surface area contributed by atoms with Crippen molar-refractivity contribution < 1.29 is 9.53 Å². The van der Waals surface area contributed by atoms with E-state index in [1.54, 1.807) is 6.92 Å². The summed E-state index contributed by atoms with van der Waals surface area (Å²) in [5.41, 5.74) is 6.95. The van der Waals surface area contributed by atoms with Gasteiger partial charge in [0.25, 0.3) is 0 Å². The highest BCUT2D eigenvalue weighted by Gasteiger charge is 1.98. The van der Waals surface area contributed by atoms with E-state index >= 15 is 0 Å². The Bertz CT molecular complexity index is 340. The zero-order valence-electron chi connectivity index (χ0n) is 8.77. The van der Waals surface area contributed by atoms with Gasteiger partial charge in [-0.15, -0.1) is 0 Å². The number of carbonyl (C=O) groups excluding carboxylic acids is 1. The molecule has 0 saturated carbocycles. The average Bonchev–Trinajstić information content (AvgIpc) is 2.18. The molecule has 0 aliphatic rings. The van der Waals surface area contributed by atoms with Crippen LogP contribution in [0.3, 0.4) is 0 Å². The van der Waals surface area contributed by atoms with Crippen LogP contribution in [0.4, 0.5) is 0 Å². The van der Waals surface area contributed by atoms with Gasteiger partial charge in [0.2, 0.25) is 0 Å². The molecule has 0 spiro atoms. The zero-order valence-corrected chi connectivity index (χ0v) is 8.77. The minimum Gasteiger partial charge on any atom is -0.462 e. The number of rotatable bonds is 4. The van der Waals surface area contributed by atoms with Crippen LogP contribution in [0.15, 0.2) is 42.1 Å². The standard InChI is InChI=1S/C12H15NO2/c1-10(13)9-12(14)15-8-7-11-5-3-2-4-6-11/h2-6,9H,7-8,13H2,1H3/b10-9+. The quantitative estimate of drug-likeness (QED) is 0.600. The number of hydrogen-bond donors (Lipinski definition) is 1. The molecule has 0 aromatic heterocycles. The molecular formula is C12H15NO2. The first-order valence-corrected chi connectivity index (χ1v) is 4.83. The molecule has 0 saturated heterocycles. The largest absolute Gasteiger partial charge is 0.462 e. The molecule has 15 heavy (non-hydrogen) atoms. The molecule has 2 N–H and O–H groups in total. The van der Waals surface area contributed by atoms with Crippen molar-refractivity contribution in [2.24, 2.45) is 5.73 Å². The molecule has 0 fully saturated rings. The van der Waals surface area contributed by atoms with Crippen molar-refractivity contribution in [3.63, 3.8) is 0 Å². The third-order valence-electron chi connectivity index (χ3n) is 1.82. The van der Waals surface area contributed by atoms with Crippen LogP contribution in [-0.4, -0.2) is 12.6 Å². The third kappa shape index (κ3) is 4.86. The third-order valence-corrected chi connectivity index (χ3v) is 1.82. The van der Waals surface area contributed by atoms with E-state index in [0.29, 0.717) is 12.3 Å². The second kappa shape index (κ2) is 5.86. The van der Waals surface area contributed by atoms with Gasteiger partial charge in [-0.2, -0.15) is 0 Å². The maximum Gasteiger partial charge on any atom is 0.332 e. The van der Waals surface area contributed by atoms with Crippen LogP contribution >= 0.6 is 0 Å². The van der Waals surface area contributed by atoms with Gasteiger partial charge in [-0.1, -0.05) is 30.3 Å². The molecule has 80 valence electrons. The normalized spacial score (nSPS) is 11.1. The van der Waals surface area contributed by atoms with Crippen LogP contribution in [0, 0.1) is 0 Å². The molecule has 3 nitrogen and oxygen atoms in total. The summed E-state index contributed by atoms with van der Waals surface area (Å²) in [7, 11) is 0. The minimum absolute atomic E-state index is 0.382. The SMILES string of the molecule is C/C(N)=C\C(=O)OCCc1ccccc1. The fourth-order valence-electron chi connectivity index (χ4n) is 1.14. The summed E-state index contributed by atoms with van der Waals surface area (Å²) >= 11 is 0. The lowest BCUT2D eigenvalue weighted by atomic mass is 10.2. The van der Waals surface area contributed by atoms with Crippen molar-refractivity contribution in [3.8, 4) is 0 Å². The van der Waals surface area contributed by atoms with E-state index < -0.39 is 0 Å². The van der Waals surface area contributed by atoms with Crippen LogP contribution in [0.2, 0.25) is 0 Å². The molecule has 0 unspecified atom stereocenters. The molecule has 0 atom stereocenters. The van der Waals surface area contributed by atoms with Crippen LogP contribution < -0.4 is 5.73 Å². The van der Waals surface area contributed by atoms with E-state index in [4.69, 9.17) is 10.5 Å². The van der Waals surface area contributed by atoms with Crippen molar-refractivity contribution in [1.82, 2.24) is 0 Å². The number of benzene rings is 1. The Hall–Kier alpha value is -1.77. The lowest BCUT2D eigenvalue weighted by Crippen LogP contribution is -2.07. The Morgan fingerprint density at radius 2 is 2.07 bits per heavy atom. The van der Waals surface area contributed by atoms with E-state index in [0.717, 1.165) is 12.0 Å². The number of hydrogen-bond acceptors (Lipinski definition) is 3. The molecule has 1 aromatic rings. The number of ether oxygens (including phenoxy) is 1. The van der Waals surface area contributed by atoms with E-state index in [1.165, 1.54) is 6.08 Å². The van der Waals surface area contributed by atoms with Crippen LogP contribution in [0.25, 0.3) is 0 Å². The van der Waals surface area contributed by atoms with Gasteiger partial charge in [0.15, 0.2) is 0 Å². The van der Waals surface area contributed by atoms with Gasteiger partial charge in [-0.05, 0) is 12.5 Å². The van der Waals surface area contributed by atoms with Crippen LogP contribution in [-0.2, 0) is 16.0 Å². The topological polar surface area (TPSA) is 52.3 Å². The Morgan fingerprint density at radius 3 is 2.67 bits per heavy atom. The summed E-state index contributed by atoms with van der Waals surface area (Å²) in [6.45, 7) is 2.03. The minimum atomic E-state index is -0.383. The number of nitrogens with two attached hydrogens (primary N) is 1. The second-order valence-electron chi connectivity index (χ2n) is 3.29. The summed E-state index contributed by atoms with van der Waals surface area (Å²) < 4.78 is 4.96. The molecule has 1 aromatic carbocycles. The van der Waals surface area contributed by atoms with Gasteiger partial charge < -0.3 is 10.5 Å². The predicted molar refractivity (Wildman–Crippen MR) is 59.0 cm³/mol. The van der Waals surface area contributed by atoms with Gasteiger partial charge in [-0.25, -0.2) is 4.79 Å². The maximum atomic E-state index is 11.1. The zero-order chi connectivity index (χ0) is 11.1. The van der Waals surface area contributed by atoms with E-state index in [-0.39, 0.29) is 5.97 Å². The van der Waals surface area contributed by atoms with Crippen molar-refractivity contribution in [1.29, 1.82) is 0 Å². The lowest BCUT2D eigenvalue weighted by molar-refractivity contribution is -0.137. The van der Waals surface area contributed by atoms with Gasteiger partial charge in [-0.3, -0.25) is 0 Å². The molecule has 3 heteroatoms. The Kier molecular flexibility index (Phi) is 4.41. The molecular weight excluding hydrogens is 190 g/mol. The number of carbonyl (C=O) groups is 1. The van der Waals surface area contributed by atoms with E-state index in [2.05, 4.69) is 0 Å². The summed E-state index contributed by atoms with van der Waals surface area (Å²) in [6, 6.07) is 9.87. The Morgan fingerprint density at radius 1 is 1.40 bits per heavy atom.